The summed E-state index contributed by atoms with van der Waals surface area (Å²) in [5.41, 5.74) is 3.57. The number of aromatic nitrogens is 6. The summed E-state index contributed by atoms with van der Waals surface area (Å²) in [6.07, 6.45) is 3.75. The van der Waals surface area contributed by atoms with Gasteiger partial charge in [0.1, 0.15) is 5.75 Å². The van der Waals surface area contributed by atoms with Crippen molar-refractivity contribution in [3.05, 3.63) is 60.7 Å². The van der Waals surface area contributed by atoms with Gasteiger partial charge < -0.3 is 18.8 Å². The minimum atomic E-state index is 0.365. The Bertz CT molecular complexity index is 1550. The lowest BCUT2D eigenvalue weighted by atomic mass is 10.1. The molecule has 0 saturated heterocycles. The second-order valence-corrected chi connectivity index (χ2v) is 7.08. The van der Waals surface area contributed by atoms with Crippen LogP contribution in [0.4, 0.5) is 0 Å². The predicted octanol–water partition coefficient (Wildman–Crippen LogP) is 4.53. The molecule has 9 nitrogen and oxygen atoms in total. The fourth-order valence-electron chi connectivity index (χ4n) is 3.77. The molecule has 0 fully saturated rings. The molecule has 2 aromatic carbocycles. The fourth-order valence-corrected chi connectivity index (χ4v) is 3.77. The zero-order chi connectivity index (χ0) is 20.9. The number of aromatic amines is 1. The number of aryl methyl sites for hydroxylation is 1. The molecule has 0 unspecified atom stereocenters. The maximum Gasteiger partial charge on any atom is 0.333 e. The quantitative estimate of drug-likeness (QED) is 0.453. The number of H-pyrrole nitrogens is 1. The molecule has 4 heterocycles. The third kappa shape index (κ3) is 2.71. The van der Waals surface area contributed by atoms with Crippen LogP contribution in [0.5, 0.6) is 5.75 Å². The summed E-state index contributed by atoms with van der Waals surface area (Å²) in [6.45, 7) is 1.77. The number of nitrogens with zero attached hydrogens (tertiary/aromatic N) is 5. The van der Waals surface area contributed by atoms with E-state index in [0.717, 1.165) is 38.7 Å². The van der Waals surface area contributed by atoms with Crippen LogP contribution in [0.2, 0.25) is 0 Å². The van der Waals surface area contributed by atoms with Crippen molar-refractivity contribution in [1.82, 2.24) is 29.8 Å². The van der Waals surface area contributed by atoms with Gasteiger partial charge in [0.25, 0.3) is 0 Å². The maximum atomic E-state index is 5.60. The van der Waals surface area contributed by atoms with Gasteiger partial charge in [0.2, 0.25) is 17.5 Å². The Labute approximate surface area is 175 Å². The highest BCUT2D eigenvalue weighted by atomic mass is 16.5. The molecule has 31 heavy (non-hydrogen) atoms. The Morgan fingerprint density at radius 2 is 1.81 bits per heavy atom. The van der Waals surface area contributed by atoms with Crippen molar-refractivity contribution >= 4 is 21.8 Å². The average molecular weight is 412 g/mol. The highest BCUT2D eigenvalue weighted by Crippen LogP contribution is 2.32. The van der Waals surface area contributed by atoms with Gasteiger partial charge in [-0.15, -0.1) is 0 Å². The molecule has 0 aliphatic carbocycles. The smallest absolute Gasteiger partial charge is 0.333 e. The van der Waals surface area contributed by atoms with E-state index in [1.54, 1.807) is 14.0 Å². The van der Waals surface area contributed by atoms with Crippen molar-refractivity contribution in [2.45, 2.75) is 6.92 Å². The minimum absolute atomic E-state index is 0.365. The number of fused-ring (bicyclic) bond motifs is 2. The van der Waals surface area contributed by atoms with Gasteiger partial charge in [0.05, 0.1) is 12.6 Å². The van der Waals surface area contributed by atoms with Crippen LogP contribution in [0.15, 0.2) is 63.9 Å². The molecule has 6 aromatic rings. The second kappa shape index (κ2) is 6.56. The zero-order valence-corrected chi connectivity index (χ0v) is 16.7. The molecule has 152 valence electrons. The molecule has 0 amide bonds. The second-order valence-electron chi connectivity index (χ2n) is 7.08. The Hall–Kier alpha value is -4.40. The Kier molecular flexibility index (Phi) is 3.69. The van der Waals surface area contributed by atoms with E-state index >= 15 is 0 Å². The van der Waals surface area contributed by atoms with E-state index in [2.05, 4.69) is 25.3 Å². The van der Waals surface area contributed by atoms with Crippen LogP contribution in [0, 0.1) is 6.92 Å². The van der Waals surface area contributed by atoms with Crippen molar-refractivity contribution in [1.29, 1.82) is 0 Å². The molecule has 4 aromatic heterocycles. The predicted molar refractivity (Wildman–Crippen MR) is 113 cm³/mol. The Morgan fingerprint density at radius 3 is 2.65 bits per heavy atom. The molecule has 0 aliphatic rings. The van der Waals surface area contributed by atoms with Gasteiger partial charge in [-0.2, -0.15) is 9.97 Å². The number of rotatable bonds is 4. The van der Waals surface area contributed by atoms with E-state index < -0.39 is 0 Å². The van der Waals surface area contributed by atoms with Crippen molar-refractivity contribution < 1.29 is 13.8 Å². The van der Waals surface area contributed by atoms with Crippen molar-refractivity contribution in [3.8, 4) is 34.5 Å². The summed E-state index contributed by atoms with van der Waals surface area (Å²) in [7, 11) is 1.64. The lowest BCUT2D eigenvalue weighted by molar-refractivity contribution is 0.394. The molecule has 0 spiro atoms. The standard InChI is InChI=1S/C22H16N6O3/c1-12-24-20(26-30-12)15-4-3-5-19-14(15)8-9-28(19)22-25-21(27-31-22)17-11-23-18-7-6-13(29-2)10-16(17)18/h3-11,23H,1-2H3. The summed E-state index contributed by atoms with van der Waals surface area (Å²) in [4.78, 5) is 12.2. The SMILES string of the molecule is COc1ccc2[nH]cc(-c3noc(-n4ccc5c(-c6noc(C)n6)cccc54)n3)c2c1. The lowest BCUT2D eigenvalue weighted by Gasteiger charge is -2.01. The number of hydrogen-bond donors (Lipinski definition) is 1. The normalized spacial score (nSPS) is 11.5. The molecule has 9 heteroatoms. The first kappa shape index (κ1) is 17.5. The summed E-state index contributed by atoms with van der Waals surface area (Å²) in [5.74, 6) is 2.31. The number of nitrogens with one attached hydrogen (secondary N) is 1. The molecule has 0 radical (unpaired) electrons. The first-order chi connectivity index (χ1) is 15.2. The van der Waals surface area contributed by atoms with Crippen LogP contribution >= 0.6 is 0 Å². The molecule has 0 aliphatic heterocycles. The maximum absolute atomic E-state index is 5.60. The van der Waals surface area contributed by atoms with E-state index in [9.17, 15) is 0 Å². The number of ether oxygens (including phenoxy) is 1. The molecule has 0 atom stereocenters. The third-order valence-corrected chi connectivity index (χ3v) is 5.25. The Morgan fingerprint density at radius 1 is 0.935 bits per heavy atom. The van der Waals surface area contributed by atoms with Crippen LogP contribution in [-0.4, -0.2) is 36.9 Å². The highest BCUT2D eigenvalue weighted by molar-refractivity contribution is 5.95. The van der Waals surface area contributed by atoms with Crippen LogP contribution in [-0.2, 0) is 0 Å². The minimum Gasteiger partial charge on any atom is -0.497 e. The molecule has 6 rings (SSSR count). The van der Waals surface area contributed by atoms with Crippen LogP contribution in [0.25, 0.3) is 50.6 Å². The van der Waals surface area contributed by atoms with Crippen molar-refractivity contribution in [2.75, 3.05) is 7.11 Å². The molecule has 0 bridgehead atoms. The van der Waals surface area contributed by atoms with E-state index in [0.29, 0.717) is 23.6 Å². The van der Waals surface area contributed by atoms with Gasteiger partial charge in [-0.3, -0.25) is 4.57 Å². The average Bonchev–Trinajstić information content (AvgIpc) is 3.57. The third-order valence-electron chi connectivity index (χ3n) is 5.25. The molecule has 1 N–H and O–H groups in total. The first-order valence-electron chi connectivity index (χ1n) is 9.61. The van der Waals surface area contributed by atoms with Gasteiger partial charge in [-0.25, -0.2) is 0 Å². The molecular formula is C22H16N6O3. The summed E-state index contributed by atoms with van der Waals surface area (Å²) < 4.78 is 17.9. The van der Waals surface area contributed by atoms with Gasteiger partial charge >= 0.3 is 6.01 Å². The van der Waals surface area contributed by atoms with Crippen LogP contribution in [0.3, 0.4) is 0 Å². The number of benzene rings is 2. The van der Waals surface area contributed by atoms with Gasteiger partial charge in [0.15, 0.2) is 0 Å². The summed E-state index contributed by atoms with van der Waals surface area (Å²) >= 11 is 0. The zero-order valence-electron chi connectivity index (χ0n) is 16.7. The van der Waals surface area contributed by atoms with E-state index in [1.807, 2.05) is 59.4 Å². The largest absolute Gasteiger partial charge is 0.497 e. The number of methoxy groups -OCH3 is 1. The van der Waals surface area contributed by atoms with Gasteiger partial charge in [0, 0.05) is 46.7 Å². The van der Waals surface area contributed by atoms with E-state index in [1.165, 1.54) is 0 Å². The summed E-state index contributed by atoms with van der Waals surface area (Å²) in [6, 6.07) is 14.0. The molecule has 0 saturated carbocycles. The monoisotopic (exact) mass is 412 g/mol. The van der Waals surface area contributed by atoms with Gasteiger partial charge in [-0.1, -0.05) is 22.4 Å². The summed E-state index contributed by atoms with van der Waals surface area (Å²) in [5, 5.41) is 10.2. The highest BCUT2D eigenvalue weighted by Gasteiger charge is 2.18. The topological polar surface area (TPSA) is 108 Å². The fraction of sp³-hybridized carbons (Fsp3) is 0.0909. The number of hydrogen-bond acceptors (Lipinski definition) is 7. The van der Waals surface area contributed by atoms with Gasteiger partial charge in [-0.05, 0) is 30.3 Å². The van der Waals surface area contributed by atoms with Crippen molar-refractivity contribution in [2.24, 2.45) is 0 Å². The first-order valence-corrected chi connectivity index (χ1v) is 9.61. The Balaban J connectivity index is 1.45. The van der Waals surface area contributed by atoms with Crippen molar-refractivity contribution in [3.63, 3.8) is 0 Å². The lowest BCUT2D eigenvalue weighted by Crippen LogP contribution is -1.92. The van der Waals surface area contributed by atoms with E-state index in [4.69, 9.17) is 13.8 Å². The van der Waals surface area contributed by atoms with Crippen LogP contribution in [0.1, 0.15) is 5.89 Å². The van der Waals surface area contributed by atoms with Crippen LogP contribution < -0.4 is 4.74 Å². The van der Waals surface area contributed by atoms with E-state index in [-0.39, 0.29) is 0 Å². The molecular weight excluding hydrogens is 396 g/mol.